The molecule has 128 valence electrons. The van der Waals surface area contributed by atoms with E-state index in [2.05, 4.69) is 40.8 Å². The number of likely N-dealkylation sites (N-methyl/N-ethyl adjacent to an activating group) is 1. The fourth-order valence-corrected chi connectivity index (χ4v) is 3.76. The number of hydrogen-bond donors (Lipinski definition) is 0. The second kappa shape index (κ2) is 6.37. The molecule has 0 N–H and O–H groups in total. The van der Waals surface area contributed by atoms with Gasteiger partial charge >= 0.3 is 5.97 Å². The number of ether oxygens (including phenoxy) is 1. The lowest BCUT2D eigenvalue weighted by Crippen LogP contribution is -2.31. The van der Waals surface area contributed by atoms with Crippen LogP contribution < -0.4 is 0 Å². The van der Waals surface area contributed by atoms with E-state index in [0.717, 1.165) is 26.1 Å². The van der Waals surface area contributed by atoms with Crippen molar-refractivity contribution in [1.82, 2.24) is 9.47 Å². The molecule has 0 saturated heterocycles. The summed E-state index contributed by atoms with van der Waals surface area (Å²) in [4.78, 5) is 14.0. The highest BCUT2D eigenvalue weighted by molar-refractivity contribution is 5.89. The number of esters is 1. The molecular formula is C21H22N2O2. The van der Waals surface area contributed by atoms with Gasteiger partial charge in [-0.05, 0) is 42.8 Å². The highest BCUT2D eigenvalue weighted by Crippen LogP contribution is 2.31. The zero-order valence-corrected chi connectivity index (χ0v) is 14.7. The topological polar surface area (TPSA) is 34.5 Å². The van der Waals surface area contributed by atoms with Crippen LogP contribution in [-0.2, 0) is 24.2 Å². The minimum absolute atomic E-state index is 0.290. The normalized spacial score (nSPS) is 14.5. The Labute approximate surface area is 147 Å². The predicted octanol–water partition coefficient (Wildman–Crippen LogP) is 3.46. The average Bonchev–Trinajstić information content (AvgIpc) is 2.95. The lowest BCUT2D eigenvalue weighted by Gasteiger charge is -2.26. The first-order valence-electron chi connectivity index (χ1n) is 8.62. The van der Waals surface area contributed by atoms with E-state index in [9.17, 15) is 4.79 Å². The summed E-state index contributed by atoms with van der Waals surface area (Å²) < 4.78 is 7.22. The molecule has 25 heavy (non-hydrogen) atoms. The van der Waals surface area contributed by atoms with E-state index < -0.39 is 0 Å². The lowest BCUT2D eigenvalue weighted by molar-refractivity contribution is 0.0600. The molecule has 2 aromatic carbocycles. The van der Waals surface area contributed by atoms with Crippen LogP contribution in [0.4, 0.5) is 0 Å². The minimum Gasteiger partial charge on any atom is -0.465 e. The number of fused-ring (bicyclic) bond motifs is 3. The fraction of sp³-hybridized carbons (Fsp3) is 0.286. The van der Waals surface area contributed by atoms with Crippen molar-refractivity contribution >= 4 is 16.9 Å². The molecular weight excluding hydrogens is 312 g/mol. The first-order chi connectivity index (χ1) is 12.2. The zero-order valence-electron chi connectivity index (χ0n) is 14.7. The van der Waals surface area contributed by atoms with Gasteiger partial charge in [0.25, 0.3) is 0 Å². The molecule has 0 amide bonds. The summed E-state index contributed by atoms with van der Waals surface area (Å²) in [6.07, 6.45) is 1.95. The van der Waals surface area contributed by atoms with Gasteiger partial charge in [0.15, 0.2) is 0 Å². The molecule has 0 unspecified atom stereocenters. The number of carbonyl (C=O) groups excluding carboxylic acids is 1. The van der Waals surface area contributed by atoms with Crippen molar-refractivity contribution in [3.63, 3.8) is 0 Å². The Hall–Kier alpha value is -2.59. The fourth-order valence-electron chi connectivity index (χ4n) is 3.76. The predicted molar refractivity (Wildman–Crippen MR) is 98.9 cm³/mol. The number of para-hydroxylation sites is 1. The van der Waals surface area contributed by atoms with Gasteiger partial charge < -0.3 is 9.30 Å². The summed E-state index contributed by atoms with van der Waals surface area (Å²) in [5, 5.41) is 1.34. The molecule has 0 atom stereocenters. The number of methoxy groups -OCH3 is 1. The summed E-state index contributed by atoms with van der Waals surface area (Å²) in [5.41, 5.74) is 5.97. The molecule has 1 aromatic heterocycles. The summed E-state index contributed by atoms with van der Waals surface area (Å²) in [6, 6.07) is 16.4. The second-order valence-corrected chi connectivity index (χ2v) is 6.71. The Kier molecular flexibility index (Phi) is 4.06. The average molecular weight is 334 g/mol. The number of aromatic nitrogens is 1. The molecule has 0 fully saturated rings. The van der Waals surface area contributed by atoms with Gasteiger partial charge in [0, 0.05) is 29.6 Å². The van der Waals surface area contributed by atoms with Crippen molar-refractivity contribution in [3.05, 3.63) is 70.9 Å². The zero-order chi connectivity index (χ0) is 17.4. The maximum atomic E-state index is 11.6. The van der Waals surface area contributed by atoms with Crippen molar-refractivity contribution in [2.45, 2.75) is 19.5 Å². The molecule has 0 bridgehead atoms. The van der Waals surface area contributed by atoms with E-state index in [-0.39, 0.29) is 5.97 Å². The second-order valence-electron chi connectivity index (χ2n) is 6.71. The molecule has 1 aliphatic heterocycles. The third-order valence-corrected chi connectivity index (χ3v) is 5.06. The minimum atomic E-state index is -0.290. The highest BCUT2D eigenvalue weighted by atomic mass is 16.5. The summed E-state index contributed by atoms with van der Waals surface area (Å²) in [5.74, 6) is -0.290. The Morgan fingerprint density at radius 1 is 1.12 bits per heavy atom. The Balaban J connectivity index is 1.73. The van der Waals surface area contributed by atoms with E-state index >= 15 is 0 Å². The number of rotatable bonds is 3. The Bertz CT molecular complexity index is 925. The number of nitrogens with zero attached hydrogens (tertiary/aromatic N) is 2. The van der Waals surface area contributed by atoms with E-state index in [4.69, 9.17) is 4.74 Å². The Morgan fingerprint density at radius 2 is 1.88 bits per heavy atom. The number of hydrogen-bond acceptors (Lipinski definition) is 3. The van der Waals surface area contributed by atoms with Crippen LogP contribution in [0, 0.1) is 0 Å². The van der Waals surface area contributed by atoms with Crippen molar-refractivity contribution in [2.24, 2.45) is 0 Å². The van der Waals surface area contributed by atoms with Gasteiger partial charge in [0.05, 0.1) is 19.3 Å². The van der Waals surface area contributed by atoms with Gasteiger partial charge in [-0.3, -0.25) is 4.90 Å². The van der Waals surface area contributed by atoms with Crippen LogP contribution in [0.25, 0.3) is 10.9 Å². The first kappa shape index (κ1) is 15.9. The number of carbonyl (C=O) groups is 1. The maximum Gasteiger partial charge on any atom is 0.337 e. The van der Waals surface area contributed by atoms with Crippen LogP contribution >= 0.6 is 0 Å². The number of benzene rings is 2. The standard InChI is InChI=1S/C21H22N2O2/c1-22-12-11-20-18(17-5-3-4-6-19(17)23(20)14-22)13-15-7-9-16(10-8-15)21(24)25-2/h3-10H,11-14H2,1-2H3. The van der Waals surface area contributed by atoms with Gasteiger partial charge in [-0.1, -0.05) is 30.3 Å². The highest BCUT2D eigenvalue weighted by Gasteiger charge is 2.21. The van der Waals surface area contributed by atoms with Crippen LogP contribution in [0.5, 0.6) is 0 Å². The molecule has 4 nitrogen and oxygen atoms in total. The third kappa shape index (κ3) is 2.83. The van der Waals surface area contributed by atoms with Crippen molar-refractivity contribution in [2.75, 3.05) is 20.7 Å². The van der Waals surface area contributed by atoms with Crippen LogP contribution in [0.15, 0.2) is 48.5 Å². The van der Waals surface area contributed by atoms with Gasteiger partial charge in [-0.15, -0.1) is 0 Å². The van der Waals surface area contributed by atoms with Gasteiger partial charge in [-0.2, -0.15) is 0 Å². The van der Waals surface area contributed by atoms with E-state index in [0.29, 0.717) is 5.56 Å². The monoisotopic (exact) mass is 334 g/mol. The van der Waals surface area contributed by atoms with Gasteiger partial charge in [0.1, 0.15) is 0 Å². The quantitative estimate of drug-likeness (QED) is 0.688. The lowest BCUT2D eigenvalue weighted by atomic mass is 9.99. The molecule has 0 radical (unpaired) electrons. The third-order valence-electron chi connectivity index (χ3n) is 5.06. The van der Waals surface area contributed by atoms with Crippen LogP contribution in [0.2, 0.25) is 0 Å². The molecule has 3 aromatic rings. The van der Waals surface area contributed by atoms with Crippen LogP contribution in [0.3, 0.4) is 0 Å². The molecule has 4 rings (SSSR count). The van der Waals surface area contributed by atoms with Crippen molar-refractivity contribution in [1.29, 1.82) is 0 Å². The van der Waals surface area contributed by atoms with Crippen molar-refractivity contribution < 1.29 is 9.53 Å². The summed E-state index contributed by atoms with van der Waals surface area (Å²) >= 11 is 0. The molecule has 1 aliphatic rings. The smallest absolute Gasteiger partial charge is 0.337 e. The largest absolute Gasteiger partial charge is 0.465 e. The Morgan fingerprint density at radius 3 is 2.64 bits per heavy atom. The summed E-state index contributed by atoms with van der Waals surface area (Å²) in [7, 11) is 3.58. The first-order valence-corrected chi connectivity index (χ1v) is 8.62. The van der Waals surface area contributed by atoms with E-state index in [1.54, 1.807) is 0 Å². The molecule has 2 heterocycles. The van der Waals surface area contributed by atoms with Gasteiger partial charge in [-0.25, -0.2) is 4.79 Å². The summed E-state index contributed by atoms with van der Waals surface area (Å²) in [6.45, 7) is 2.03. The van der Waals surface area contributed by atoms with E-state index in [1.807, 2.05) is 24.3 Å². The molecule has 0 spiro atoms. The molecule has 4 heteroatoms. The maximum absolute atomic E-state index is 11.6. The molecule has 0 saturated carbocycles. The van der Waals surface area contributed by atoms with Gasteiger partial charge in [0.2, 0.25) is 0 Å². The van der Waals surface area contributed by atoms with E-state index in [1.165, 1.54) is 34.8 Å². The van der Waals surface area contributed by atoms with Crippen molar-refractivity contribution in [3.8, 4) is 0 Å². The SMILES string of the molecule is COC(=O)c1ccc(Cc2c3n(c4ccccc24)CN(C)CC3)cc1. The van der Waals surface area contributed by atoms with Crippen LogP contribution in [0.1, 0.15) is 27.2 Å². The molecule has 0 aliphatic carbocycles. The van der Waals surface area contributed by atoms with Crippen LogP contribution in [-0.4, -0.2) is 36.1 Å².